The van der Waals surface area contributed by atoms with Crippen molar-refractivity contribution in [1.82, 2.24) is 0 Å². The fourth-order valence-electron chi connectivity index (χ4n) is 7.63. The standard InChI is InChI=1S/C43H31N/c1-43(2)40-15-9-8-14-37(40)38-25-21-33(27-41(38)43)44(31-11-4-3-5-12-31)32-20-24-34-30(26-32)19-23-39-36(34)22-18-29-17-16-28-10-6-7-13-35(28)42(29)39/h3-27H,1-2H3. The quantitative estimate of drug-likeness (QED) is 0.194. The fraction of sp³-hybridized carbons (Fsp3) is 0.0698. The van der Waals surface area contributed by atoms with Crippen molar-refractivity contribution < 1.29 is 0 Å². The maximum atomic E-state index is 2.41. The van der Waals surface area contributed by atoms with Gasteiger partial charge in [-0.25, -0.2) is 0 Å². The lowest BCUT2D eigenvalue weighted by atomic mass is 9.82. The van der Waals surface area contributed by atoms with Crippen LogP contribution in [-0.4, -0.2) is 0 Å². The summed E-state index contributed by atoms with van der Waals surface area (Å²) >= 11 is 0. The van der Waals surface area contributed by atoms with Gasteiger partial charge in [0.2, 0.25) is 0 Å². The molecule has 0 atom stereocenters. The molecule has 208 valence electrons. The van der Waals surface area contributed by atoms with E-state index in [9.17, 15) is 0 Å². The lowest BCUT2D eigenvalue weighted by molar-refractivity contribution is 0.660. The molecule has 0 spiro atoms. The van der Waals surface area contributed by atoms with Crippen LogP contribution >= 0.6 is 0 Å². The SMILES string of the molecule is CC1(C)c2ccccc2-c2ccc(N(c3ccccc3)c3ccc4c(ccc5c4ccc4ccc6ccccc6c45)c3)cc21. The number of para-hydroxylation sites is 1. The number of hydrogen-bond donors (Lipinski definition) is 0. The summed E-state index contributed by atoms with van der Waals surface area (Å²) in [6, 6.07) is 55.9. The van der Waals surface area contributed by atoms with Gasteiger partial charge in [0.05, 0.1) is 0 Å². The van der Waals surface area contributed by atoms with Crippen LogP contribution in [0.4, 0.5) is 17.1 Å². The topological polar surface area (TPSA) is 3.24 Å². The van der Waals surface area contributed by atoms with Gasteiger partial charge in [-0.05, 0) is 102 Å². The van der Waals surface area contributed by atoms with Crippen molar-refractivity contribution in [3.8, 4) is 11.1 Å². The summed E-state index contributed by atoms with van der Waals surface area (Å²) < 4.78 is 0. The Morgan fingerprint density at radius 3 is 1.93 bits per heavy atom. The summed E-state index contributed by atoms with van der Waals surface area (Å²) in [5.41, 5.74) is 8.89. The summed E-state index contributed by atoms with van der Waals surface area (Å²) in [5, 5.41) is 10.3. The first kappa shape index (κ1) is 25.1. The van der Waals surface area contributed by atoms with Crippen LogP contribution < -0.4 is 4.90 Å². The Labute approximate surface area is 257 Å². The van der Waals surface area contributed by atoms with Gasteiger partial charge in [-0.1, -0.05) is 129 Å². The second-order valence-corrected chi connectivity index (χ2v) is 12.6. The predicted octanol–water partition coefficient (Wildman–Crippen LogP) is 12.1. The number of rotatable bonds is 3. The molecule has 1 heteroatoms. The van der Waals surface area contributed by atoms with Crippen molar-refractivity contribution in [2.45, 2.75) is 19.3 Å². The van der Waals surface area contributed by atoms with Crippen molar-refractivity contribution in [2.75, 3.05) is 4.90 Å². The average molecular weight is 562 g/mol. The maximum Gasteiger partial charge on any atom is 0.0468 e. The van der Waals surface area contributed by atoms with E-state index in [1.165, 1.54) is 71.0 Å². The lowest BCUT2D eigenvalue weighted by Gasteiger charge is -2.28. The van der Waals surface area contributed by atoms with E-state index in [1.807, 2.05) is 0 Å². The minimum Gasteiger partial charge on any atom is -0.310 e. The van der Waals surface area contributed by atoms with Crippen LogP contribution in [0.3, 0.4) is 0 Å². The minimum atomic E-state index is -0.0560. The van der Waals surface area contributed by atoms with Gasteiger partial charge in [0.15, 0.2) is 0 Å². The van der Waals surface area contributed by atoms with Gasteiger partial charge in [-0.3, -0.25) is 0 Å². The first-order chi connectivity index (χ1) is 21.6. The van der Waals surface area contributed by atoms with E-state index in [0.29, 0.717) is 0 Å². The Bertz CT molecular complexity index is 2420. The normalized spacial score (nSPS) is 13.4. The number of hydrogen-bond acceptors (Lipinski definition) is 1. The summed E-state index contributed by atoms with van der Waals surface area (Å²) in [7, 11) is 0. The number of benzene rings is 8. The molecule has 0 bridgehead atoms. The van der Waals surface area contributed by atoms with Crippen LogP contribution in [0.15, 0.2) is 152 Å². The highest BCUT2D eigenvalue weighted by atomic mass is 15.1. The zero-order chi connectivity index (χ0) is 29.4. The monoisotopic (exact) mass is 561 g/mol. The maximum absolute atomic E-state index is 2.41. The Hall–Kier alpha value is -5.40. The van der Waals surface area contributed by atoms with Crippen LogP contribution in [0.25, 0.3) is 54.2 Å². The Kier molecular flexibility index (Phi) is 5.31. The Morgan fingerprint density at radius 2 is 1.02 bits per heavy atom. The van der Waals surface area contributed by atoms with Crippen molar-refractivity contribution in [2.24, 2.45) is 0 Å². The Balaban J connectivity index is 1.23. The molecule has 9 rings (SSSR count). The highest BCUT2D eigenvalue weighted by Gasteiger charge is 2.35. The molecule has 8 aromatic rings. The van der Waals surface area contributed by atoms with Crippen LogP contribution in [0.5, 0.6) is 0 Å². The van der Waals surface area contributed by atoms with E-state index in [-0.39, 0.29) is 5.41 Å². The number of fused-ring (bicyclic) bond motifs is 10. The van der Waals surface area contributed by atoms with Crippen molar-refractivity contribution in [1.29, 1.82) is 0 Å². The van der Waals surface area contributed by atoms with Crippen LogP contribution in [-0.2, 0) is 5.41 Å². The van der Waals surface area contributed by atoms with Gasteiger partial charge < -0.3 is 4.90 Å². The molecule has 0 amide bonds. The molecule has 0 saturated carbocycles. The third-order valence-corrected chi connectivity index (χ3v) is 9.80. The first-order valence-corrected chi connectivity index (χ1v) is 15.4. The smallest absolute Gasteiger partial charge is 0.0468 e. The summed E-state index contributed by atoms with van der Waals surface area (Å²) in [5.74, 6) is 0. The molecular weight excluding hydrogens is 530 g/mol. The minimum absolute atomic E-state index is 0.0560. The fourth-order valence-corrected chi connectivity index (χ4v) is 7.63. The van der Waals surface area contributed by atoms with E-state index < -0.39 is 0 Å². The summed E-state index contributed by atoms with van der Waals surface area (Å²) in [6.07, 6.45) is 0. The van der Waals surface area contributed by atoms with Crippen molar-refractivity contribution in [3.05, 3.63) is 163 Å². The molecule has 8 aromatic carbocycles. The second kappa shape index (κ2) is 9.30. The van der Waals surface area contributed by atoms with Gasteiger partial charge in [-0.2, -0.15) is 0 Å². The van der Waals surface area contributed by atoms with E-state index in [1.54, 1.807) is 0 Å². The van der Waals surface area contributed by atoms with E-state index in [2.05, 4.69) is 170 Å². The van der Waals surface area contributed by atoms with Crippen LogP contribution in [0, 0.1) is 0 Å². The molecule has 1 aliphatic carbocycles. The molecule has 0 radical (unpaired) electrons. The van der Waals surface area contributed by atoms with Crippen molar-refractivity contribution in [3.63, 3.8) is 0 Å². The van der Waals surface area contributed by atoms with Gasteiger partial charge in [-0.15, -0.1) is 0 Å². The van der Waals surface area contributed by atoms with Crippen LogP contribution in [0.1, 0.15) is 25.0 Å². The molecule has 0 heterocycles. The molecular formula is C43H31N. The number of nitrogens with zero attached hydrogens (tertiary/aromatic N) is 1. The third-order valence-electron chi connectivity index (χ3n) is 9.80. The van der Waals surface area contributed by atoms with Crippen LogP contribution in [0.2, 0.25) is 0 Å². The first-order valence-electron chi connectivity index (χ1n) is 15.4. The van der Waals surface area contributed by atoms with E-state index in [4.69, 9.17) is 0 Å². The zero-order valence-electron chi connectivity index (χ0n) is 24.9. The zero-order valence-corrected chi connectivity index (χ0v) is 24.9. The summed E-state index contributed by atoms with van der Waals surface area (Å²) in [6.45, 7) is 4.70. The average Bonchev–Trinajstić information content (AvgIpc) is 3.30. The molecule has 0 fully saturated rings. The molecule has 0 unspecified atom stereocenters. The van der Waals surface area contributed by atoms with Gasteiger partial charge in [0.25, 0.3) is 0 Å². The van der Waals surface area contributed by atoms with Gasteiger partial charge in [0, 0.05) is 22.5 Å². The predicted molar refractivity (Wildman–Crippen MR) is 189 cm³/mol. The second-order valence-electron chi connectivity index (χ2n) is 12.6. The molecule has 1 aliphatic rings. The Morgan fingerprint density at radius 1 is 0.386 bits per heavy atom. The summed E-state index contributed by atoms with van der Waals surface area (Å²) in [4.78, 5) is 2.40. The van der Waals surface area contributed by atoms with Gasteiger partial charge >= 0.3 is 0 Å². The molecule has 0 saturated heterocycles. The molecule has 0 aliphatic heterocycles. The highest BCUT2D eigenvalue weighted by Crippen LogP contribution is 2.50. The molecule has 1 nitrogen and oxygen atoms in total. The number of anilines is 3. The highest BCUT2D eigenvalue weighted by molar-refractivity contribution is 6.24. The van der Waals surface area contributed by atoms with E-state index >= 15 is 0 Å². The van der Waals surface area contributed by atoms with E-state index in [0.717, 1.165) is 11.4 Å². The molecule has 0 N–H and O–H groups in total. The van der Waals surface area contributed by atoms with Crippen molar-refractivity contribution >= 4 is 60.2 Å². The molecule has 44 heavy (non-hydrogen) atoms. The lowest BCUT2D eigenvalue weighted by Crippen LogP contribution is -2.16. The van der Waals surface area contributed by atoms with Gasteiger partial charge in [0.1, 0.15) is 0 Å². The molecule has 0 aromatic heterocycles. The third kappa shape index (κ3) is 3.59. The largest absolute Gasteiger partial charge is 0.310 e.